The van der Waals surface area contributed by atoms with Crippen LogP contribution in [0, 0.1) is 0 Å². The summed E-state index contributed by atoms with van der Waals surface area (Å²) in [5, 5.41) is 4.01. The molecule has 23 heavy (non-hydrogen) atoms. The van der Waals surface area contributed by atoms with Gasteiger partial charge >= 0.3 is 0 Å². The van der Waals surface area contributed by atoms with E-state index in [4.69, 9.17) is 0 Å². The Morgan fingerprint density at radius 2 is 1.87 bits per heavy atom. The van der Waals surface area contributed by atoms with Crippen molar-refractivity contribution in [1.29, 1.82) is 0 Å². The number of hydrogen-bond donors (Lipinski definition) is 2. The van der Waals surface area contributed by atoms with Crippen LogP contribution in [0.4, 0.5) is 0 Å². The molecule has 0 aliphatic heterocycles. The lowest BCUT2D eigenvalue weighted by Crippen LogP contribution is -2.51. The molecular weight excluding hydrogens is 386 g/mol. The van der Waals surface area contributed by atoms with Crippen LogP contribution in [0.25, 0.3) is 0 Å². The van der Waals surface area contributed by atoms with E-state index in [2.05, 4.69) is 26.7 Å². The average molecular weight is 406 g/mol. The highest BCUT2D eigenvalue weighted by Crippen LogP contribution is 2.16. The number of carbonyl (C=O) groups is 2. The maximum Gasteiger partial charge on any atom is 0.256 e. The molecule has 128 valence electrons. The summed E-state index contributed by atoms with van der Waals surface area (Å²) in [5.41, 5.74) is 2.89. The van der Waals surface area contributed by atoms with Crippen LogP contribution >= 0.6 is 15.9 Å². The lowest BCUT2D eigenvalue weighted by molar-refractivity contribution is -0.126. The second kappa shape index (κ2) is 8.42. The highest BCUT2D eigenvalue weighted by Gasteiger charge is 2.24. The van der Waals surface area contributed by atoms with Gasteiger partial charge in [0.1, 0.15) is 15.9 Å². The maximum absolute atomic E-state index is 12.3. The predicted molar refractivity (Wildman–Crippen MR) is 91.6 cm³/mol. The van der Waals surface area contributed by atoms with Gasteiger partial charge in [0, 0.05) is 24.8 Å². The van der Waals surface area contributed by atoms with Gasteiger partial charge in [-0.05, 0) is 34.5 Å². The summed E-state index contributed by atoms with van der Waals surface area (Å²) in [4.78, 5) is 24.5. The minimum atomic E-state index is -3.24. The summed E-state index contributed by atoms with van der Waals surface area (Å²) in [6.45, 7) is 0. The van der Waals surface area contributed by atoms with Crippen LogP contribution in [0.2, 0.25) is 0 Å². The first-order chi connectivity index (χ1) is 10.6. The molecule has 9 heteroatoms. The number of benzene rings is 1. The van der Waals surface area contributed by atoms with Crippen molar-refractivity contribution in [3.05, 3.63) is 34.3 Å². The summed E-state index contributed by atoms with van der Waals surface area (Å²) in [6, 6.07) is 5.83. The van der Waals surface area contributed by atoms with Crippen LogP contribution in [0.1, 0.15) is 16.8 Å². The van der Waals surface area contributed by atoms with E-state index in [1.54, 1.807) is 38.4 Å². The lowest BCUT2D eigenvalue weighted by Gasteiger charge is -2.21. The molecular formula is C14H20BrN3O4S. The smallest absolute Gasteiger partial charge is 0.256 e. The topological polar surface area (TPSA) is 95.6 Å². The lowest BCUT2D eigenvalue weighted by atomic mass is 10.1. The third-order valence-corrected chi connectivity index (χ3v) is 4.52. The molecule has 1 aromatic carbocycles. The molecule has 2 amide bonds. The SMILES string of the molecule is CN(C)NC(=O)[C@H](CCS(C)(=O)=O)NC(=O)c1ccccc1Br. The summed E-state index contributed by atoms with van der Waals surface area (Å²) in [7, 11) is 0.00831. The Kier molecular flexibility index (Phi) is 7.17. The largest absolute Gasteiger partial charge is 0.340 e. The van der Waals surface area contributed by atoms with Gasteiger partial charge in [0.05, 0.1) is 11.3 Å². The fourth-order valence-electron chi connectivity index (χ4n) is 1.78. The van der Waals surface area contributed by atoms with Gasteiger partial charge in [0.2, 0.25) is 0 Å². The third kappa shape index (κ3) is 7.10. The molecule has 0 heterocycles. The van der Waals surface area contributed by atoms with Crippen molar-refractivity contribution in [3.8, 4) is 0 Å². The van der Waals surface area contributed by atoms with Gasteiger partial charge < -0.3 is 5.32 Å². The normalized spacial score (nSPS) is 12.7. The second-order valence-corrected chi connectivity index (χ2v) is 8.41. The zero-order valence-electron chi connectivity index (χ0n) is 13.2. The molecule has 0 fully saturated rings. The van der Waals surface area contributed by atoms with Crippen LogP contribution < -0.4 is 10.7 Å². The first-order valence-electron chi connectivity index (χ1n) is 6.81. The highest BCUT2D eigenvalue weighted by molar-refractivity contribution is 9.10. The molecule has 2 N–H and O–H groups in total. The van der Waals surface area contributed by atoms with Gasteiger partial charge in [-0.2, -0.15) is 0 Å². The highest BCUT2D eigenvalue weighted by atomic mass is 79.9. The Morgan fingerprint density at radius 3 is 2.39 bits per heavy atom. The number of amides is 2. The van der Waals surface area contributed by atoms with Gasteiger partial charge in [-0.15, -0.1) is 0 Å². The molecule has 0 saturated heterocycles. The fourth-order valence-corrected chi connectivity index (χ4v) is 2.91. The third-order valence-electron chi connectivity index (χ3n) is 2.85. The van der Waals surface area contributed by atoms with E-state index in [1.807, 2.05) is 0 Å². The summed E-state index contributed by atoms with van der Waals surface area (Å²) in [5.74, 6) is -1.13. The molecule has 7 nitrogen and oxygen atoms in total. The van der Waals surface area contributed by atoms with E-state index in [0.717, 1.165) is 6.26 Å². The molecule has 1 aromatic rings. The predicted octanol–water partition coefficient (Wildman–Crippen LogP) is 0.575. The molecule has 0 spiro atoms. The van der Waals surface area contributed by atoms with E-state index < -0.39 is 27.7 Å². The van der Waals surface area contributed by atoms with Crippen molar-refractivity contribution in [1.82, 2.24) is 15.8 Å². The van der Waals surface area contributed by atoms with E-state index in [-0.39, 0.29) is 12.2 Å². The van der Waals surface area contributed by atoms with Crippen molar-refractivity contribution in [2.75, 3.05) is 26.1 Å². The number of nitrogens with one attached hydrogen (secondary N) is 2. The number of hydrogen-bond acceptors (Lipinski definition) is 5. The van der Waals surface area contributed by atoms with Crippen LogP contribution in [-0.2, 0) is 14.6 Å². The van der Waals surface area contributed by atoms with E-state index in [1.165, 1.54) is 5.01 Å². The molecule has 0 aliphatic carbocycles. The molecule has 0 aliphatic rings. The molecule has 0 radical (unpaired) electrons. The molecule has 0 unspecified atom stereocenters. The van der Waals surface area contributed by atoms with E-state index in [0.29, 0.717) is 10.0 Å². The van der Waals surface area contributed by atoms with Crippen molar-refractivity contribution in [3.63, 3.8) is 0 Å². The summed E-state index contributed by atoms with van der Waals surface area (Å²) in [6.07, 6.45) is 1.08. The Balaban J connectivity index is 2.89. The second-order valence-electron chi connectivity index (χ2n) is 5.29. The van der Waals surface area contributed by atoms with Crippen LogP contribution in [0.3, 0.4) is 0 Å². The van der Waals surface area contributed by atoms with Crippen molar-refractivity contribution < 1.29 is 18.0 Å². The quantitative estimate of drug-likeness (QED) is 0.646. The Hall–Kier alpha value is -1.45. The Morgan fingerprint density at radius 1 is 1.26 bits per heavy atom. The zero-order chi connectivity index (χ0) is 17.6. The molecule has 0 saturated carbocycles. The van der Waals surface area contributed by atoms with Crippen LogP contribution in [-0.4, -0.2) is 57.4 Å². The zero-order valence-corrected chi connectivity index (χ0v) is 15.6. The van der Waals surface area contributed by atoms with Gasteiger partial charge in [0.15, 0.2) is 0 Å². The molecule has 1 rings (SSSR count). The fraction of sp³-hybridized carbons (Fsp3) is 0.429. The van der Waals surface area contributed by atoms with E-state index >= 15 is 0 Å². The average Bonchev–Trinajstić information content (AvgIpc) is 2.41. The molecule has 0 bridgehead atoms. The van der Waals surface area contributed by atoms with Crippen molar-refractivity contribution in [2.45, 2.75) is 12.5 Å². The Bertz CT molecular complexity index is 676. The van der Waals surface area contributed by atoms with Crippen LogP contribution in [0.15, 0.2) is 28.7 Å². The molecule has 1 atom stereocenters. The van der Waals surface area contributed by atoms with Crippen molar-refractivity contribution >= 4 is 37.6 Å². The van der Waals surface area contributed by atoms with Gasteiger partial charge in [0.25, 0.3) is 11.8 Å². The van der Waals surface area contributed by atoms with Gasteiger partial charge in [-0.25, -0.2) is 13.4 Å². The number of carbonyl (C=O) groups excluding carboxylic acids is 2. The molecule has 0 aromatic heterocycles. The number of nitrogens with zero attached hydrogens (tertiary/aromatic N) is 1. The maximum atomic E-state index is 12.3. The minimum absolute atomic E-state index is 0.00526. The summed E-state index contributed by atoms with van der Waals surface area (Å²) >= 11 is 3.27. The number of rotatable bonds is 7. The van der Waals surface area contributed by atoms with Crippen molar-refractivity contribution in [2.24, 2.45) is 0 Å². The van der Waals surface area contributed by atoms with Crippen LogP contribution in [0.5, 0.6) is 0 Å². The summed E-state index contributed by atoms with van der Waals surface area (Å²) < 4.78 is 23.2. The monoisotopic (exact) mass is 405 g/mol. The minimum Gasteiger partial charge on any atom is -0.340 e. The van der Waals surface area contributed by atoms with Gasteiger partial charge in [-0.1, -0.05) is 12.1 Å². The van der Waals surface area contributed by atoms with Gasteiger partial charge in [-0.3, -0.25) is 15.0 Å². The number of sulfone groups is 1. The first-order valence-corrected chi connectivity index (χ1v) is 9.66. The standard InChI is InChI=1S/C14H20BrN3O4S/c1-18(2)17-14(20)12(8-9-23(3,21)22)16-13(19)10-6-4-5-7-11(10)15/h4-7,12H,8-9H2,1-3H3,(H,16,19)(H,17,20)/t12-/m0/s1. The number of halogens is 1. The Labute approximate surface area is 144 Å². The number of hydrazine groups is 1. The van der Waals surface area contributed by atoms with E-state index in [9.17, 15) is 18.0 Å². The first kappa shape index (κ1) is 19.6.